The van der Waals surface area contributed by atoms with Gasteiger partial charge >= 0.3 is 5.76 Å². The van der Waals surface area contributed by atoms with Crippen LogP contribution in [0.3, 0.4) is 0 Å². The average Bonchev–Trinajstić information content (AvgIpc) is 3.28. The highest BCUT2D eigenvalue weighted by atomic mass is 19.1. The van der Waals surface area contributed by atoms with E-state index in [9.17, 15) is 13.6 Å². The molecule has 2 heterocycles. The van der Waals surface area contributed by atoms with E-state index in [1.165, 1.54) is 26.0 Å². The minimum absolute atomic E-state index is 0.160. The Balaban J connectivity index is 1.49. The summed E-state index contributed by atoms with van der Waals surface area (Å²) in [5.74, 6) is -2.86. The molecule has 3 aromatic carbocycles. The third kappa shape index (κ3) is 5.13. The van der Waals surface area contributed by atoms with Crippen LogP contribution < -0.4 is 5.76 Å². The quantitative estimate of drug-likeness (QED) is 0.287. The van der Waals surface area contributed by atoms with Crippen molar-refractivity contribution in [2.45, 2.75) is 31.5 Å². The smallest absolute Gasteiger partial charge is 0.388 e. The van der Waals surface area contributed by atoms with Crippen LogP contribution >= 0.6 is 0 Å². The zero-order valence-electron chi connectivity index (χ0n) is 20.8. The van der Waals surface area contributed by atoms with Crippen LogP contribution in [0.4, 0.5) is 18.9 Å². The van der Waals surface area contributed by atoms with E-state index in [4.69, 9.17) is 11.0 Å². The Labute approximate surface area is 217 Å². The number of rotatable bonds is 7. The van der Waals surface area contributed by atoms with Crippen molar-refractivity contribution in [3.8, 4) is 11.5 Å². The summed E-state index contributed by atoms with van der Waals surface area (Å²) in [6, 6.07) is 17.6. The fourth-order valence-corrected chi connectivity index (χ4v) is 5.49. The minimum Gasteiger partial charge on any atom is -0.388 e. The monoisotopic (exact) mass is 518 g/mol. The van der Waals surface area contributed by atoms with Crippen molar-refractivity contribution in [3.05, 3.63) is 117 Å². The summed E-state index contributed by atoms with van der Waals surface area (Å²) >= 11 is 0. The van der Waals surface area contributed by atoms with Crippen molar-refractivity contribution < 1.29 is 17.6 Å². The Kier molecular flexibility index (Phi) is 6.67. The SMILES string of the molecule is [C-]#[N+]c1ccc(C(c2cccc(-c3n[nH]c(=O)o3)c2)N2CC([C@@H](c3cc(F)cc(F)c3)C(C)(C)F)C2)cc1. The molecule has 1 N–H and O–H groups in total. The number of likely N-dealkylation sites (tertiary alicyclic amines) is 1. The molecule has 1 aliphatic rings. The summed E-state index contributed by atoms with van der Waals surface area (Å²) in [6.45, 7) is 11.1. The molecule has 6 nitrogen and oxygen atoms in total. The maximum atomic E-state index is 15.4. The third-order valence-electron chi connectivity index (χ3n) is 6.98. The van der Waals surface area contributed by atoms with Crippen LogP contribution in [0.15, 0.2) is 75.9 Å². The van der Waals surface area contributed by atoms with E-state index in [0.29, 0.717) is 29.9 Å². The van der Waals surface area contributed by atoms with Crippen LogP contribution in [-0.2, 0) is 0 Å². The van der Waals surface area contributed by atoms with Crippen molar-refractivity contribution >= 4 is 5.69 Å². The summed E-state index contributed by atoms with van der Waals surface area (Å²) in [5, 5.41) is 6.18. The molecule has 0 amide bonds. The van der Waals surface area contributed by atoms with Gasteiger partial charge in [0.1, 0.15) is 17.3 Å². The number of nitrogens with zero attached hydrogens (tertiary/aromatic N) is 3. The fourth-order valence-electron chi connectivity index (χ4n) is 5.49. The first-order chi connectivity index (χ1) is 18.1. The Morgan fingerprint density at radius 3 is 2.29 bits per heavy atom. The first kappa shape index (κ1) is 25.5. The second-order valence-electron chi connectivity index (χ2n) is 10.1. The molecule has 1 aromatic heterocycles. The van der Waals surface area contributed by atoms with Gasteiger partial charge in [-0.15, -0.1) is 5.10 Å². The first-order valence-electron chi connectivity index (χ1n) is 12.1. The molecule has 1 aliphatic heterocycles. The largest absolute Gasteiger partial charge is 0.434 e. The zero-order valence-corrected chi connectivity index (χ0v) is 20.8. The van der Waals surface area contributed by atoms with E-state index in [1.54, 1.807) is 18.2 Å². The molecule has 0 saturated carbocycles. The van der Waals surface area contributed by atoms with Gasteiger partial charge in [-0.05, 0) is 60.7 Å². The normalized spacial score (nSPS) is 16.0. The highest BCUT2D eigenvalue weighted by molar-refractivity contribution is 5.55. The van der Waals surface area contributed by atoms with E-state index in [-0.39, 0.29) is 17.9 Å². The lowest BCUT2D eigenvalue weighted by Gasteiger charge is -2.50. The molecule has 0 radical (unpaired) electrons. The Hall–Kier alpha value is -4.16. The maximum Gasteiger partial charge on any atom is 0.434 e. The van der Waals surface area contributed by atoms with Gasteiger partial charge in [0, 0.05) is 30.6 Å². The van der Waals surface area contributed by atoms with Crippen molar-refractivity contribution in [2.24, 2.45) is 5.92 Å². The lowest BCUT2D eigenvalue weighted by atomic mass is 9.72. The third-order valence-corrected chi connectivity index (χ3v) is 6.98. The highest BCUT2D eigenvalue weighted by Crippen LogP contribution is 2.46. The van der Waals surface area contributed by atoms with Crippen LogP contribution in [-0.4, -0.2) is 33.9 Å². The topological polar surface area (TPSA) is 66.5 Å². The number of aromatic nitrogens is 2. The molecule has 194 valence electrons. The number of hydrogen-bond donors (Lipinski definition) is 1. The number of alkyl halides is 1. The molecule has 9 heteroatoms. The van der Waals surface area contributed by atoms with Crippen LogP contribution in [0.5, 0.6) is 0 Å². The molecular weight excluding hydrogens is 493 g/mol. The van der Waals surface area contributed by atoms with Gasteiger partial charge in [-0.3, -0.25) is 4.90 Å². The van der Waals surface area contributed by atoms with Crippen molar-refractivity contribution in [3.63, 3.8) is 0 Å². The van der Waals surface area contributed by atoms with Crippen LogP contribution in [0, 0.1) is 24.1 Å². The second-order valence-corrected chi connectivity index (χ2v) is 10.1. The summed E-state index contributed by atoms with van der Waals surface area (Å²) in [7, 11) is 0. The molecular formula is C29H25F3N4O2. The standard InChI is InChI=1S/C29H25F3N4O2/c1-29(2,32)25(20-12-22(30)14-23(31)13-20)21-15-36(16-21)26(17-7-9-24(33-3)10-8-17)18-5-4-6-19(11-18)27-34-35-28(37)38-27/h4-14,21,25-26H,15-16H2,1-2H3,(H,35,37)/t25-,26?/m1/s1. The molecule has 4 aromatic rings. The van der Waals surface area contributed by atoms with E-state index in [0.717, 1.165) is 17.2 Å². The molecule has 1 fully saturated rings. The van der Waals surface area contributed by atoms with E-state index < -0.39 is 29.0 Å². The van der Waals surface area contributed by atoms with Crippen LogP contribution in [0.25, 0.3) is 16.3 Å². The van der Waals surface area contributed by atoms with Gasteiger partial charge in [-0.2, -0.15) is 0 Å². The van der Waals surface area contributed by atoms with E-state index >= 15 is 4.39 Å². The van der Waals surface area contributed by atoms with Gasteiger partial charge in [-0.25, -0.2) is 27.9 Å². The van der Waals surface area contributed by atoms with Crippen LogP contribution in [0.1, 0.15) is 42.5 Å². The molecule has 1 saturated heterocycles. The number of nitrogens with one attached hydrogen (secondary N) is 1. The van der Waals surface area contributed by atoms with Gasteiger partial charge in [0.15, 0.2) is 5.69 Å². The Morgan fingerprint density at radius 2 is 1.71 bits per heavy atom. The lowest BCUT2D eigenvalue weighted by Crippen LogP contribution is -2.53. The van der Waals surface area contributed by atoms with Crippen molar-refractivity contribution in [2.75, 3.05) is 13.1 Å². The van der Waals surface area contributed by atoms with Crippen molar-refractivity contribution in [1.29, 1.82) is 0 Å². The molecule has 2 atom stereocenters. The van der Waals surface area contributed by atoms with Crippen LogP contribution in [0.2, 0.25) is 0 Å². The molecule has 0 bridgehead atoms. The van der Waals surface area contributed by atoms with Gasteiger partial charge in [-0.1, -0.05) is 36.4 Å². The highest BCUT2D eigenvalue weighted by Gasteiger charge is 2.45. The van der Waals surface area contributed by atoms with Gasteiger partial charge in [0.2, 0.25) is 5.89 Å². The summed E-state index contributed by atoms with van der Waals surface area (Å²) in [4.78, 5) is 17.1. The summed E-state index contributed by atoms with van der Waals surface area (Å²) in [6.07, 6.45) is 0. The first-order valence-corrected chi connectivity index (χ1v) is 12.1. The number of benzene rings is 3. The molecule has 38 heavy (non-hydrogen) atoms. The molecule has 5 rings (SSSR count). The zero-order chi connectivity index (χ0) is 27.0. The average molecular weight is 519 g/mol. The molecule has 1 unspecified atom stereocenters. The predicted molar refractivity (Wildman–Crippen MR) is 136 cm³/mol. The molecule has 0 aliphatic carbocycles. The Bertz CT molecular complexity index is 1520. The van der Waals surface area contributed by atoms with Gasteiger partial charge in [0.25, 0.3) is 0 Å². The van der Waals surface area contributed by atoms with E-state index in [2.05, 4.69) is 19.9 Å². The predicted octanol–water partition coefficient (Wildman–Crippen LogP) is 6.41. The van der Waals surface area contributed by atoms with E-state index in [1.807, 2.05) is 30.3 Å². The summed E-state index contributed by atoms with van der Waals surface area (Å²) < 4.78 is 48.6. The second kappa shape index (κ2) is 9.95. The van der Waals surface area contributed by atoms with Crippen molar-refractivity contribution in [1.82, 2.24) is 15.1 Å². The number of H-pyrrole nitrogens is 1. The summed E-state index contributed by atoms with van der Waals surface area (Å²) in [5.41, 5.74) is 1.51. The number of halogens is 3. The number of aromatic amines is 1. The lowest BCUT2D eigenvalue weighted by molar-refractivity contribution is 0.00806. The van der Waals surface area contributed by atoms with Gasteiger partial charge < -0.3 is 4.42 Å². The number of hydrogen-bond acceptors (Lipinski definition) is 4. The minimum atomic E-state index is -1.71. The van der Waals surface area contributed by atoms with Gasteiger partial charge in [0.05, 0.1) is 12.6 Å². The maximum absolute atomic E-state index is 15.4. The fraction of sp³-hybridized carbons (Fsp3) is 0.276. The molecule has 0 spiro atoms. The Morgan fingerprint density at radius 1 is 1.03 bits per heavy atom.